The van der Waals surface area contributed by atoms with Crippen LogP contribution in [0.4, 0.5) is 4.39 Å². The van der Waals surface area contributed by atoms with Gasteiger partial charge in [0.2, 0.25) is 5.78 Å². The highest BCUT2D eigenvalue weighted by Crippen LogP contribution is 2.23. The molecule has 0 saturated heterocycles. The number of methoxy groups -OCH3 is 1. The van der Waals surface area contributed by atoms with E-state index in [1.807, 2.05) is 0 Å². The quantitative estimate of drug-likeness (QED) is 0.768. The number of halogens is 3. The summed E-state index contributed by atoms with van der Waals surface area (Å²) in [7, 11) is 1.55. The maximum atomic E-state index is 13.8. The Bertz CT molecular complexity index is 645. The average Bonchev–Trinajstić information content (AvgIpc) is 2.79. The number of carbonyl (C=O) groups excluding carboxylic acids is 1. The first-order valence-electron chi connectivity index (χ1n) is 5.74. The summed E-state index contributed by atoms with van der Waals surface area (Å²) in [5, 5.41) is 4.37. The summed E-state index contributed by atoms with van der Waals surface area (Å²) in [5.74, 6) is -1.10. The number of hydrogen-bond donors (Lipinski definition) is 0. The topological polar surface area (TPSA) is 44.1 Å². The number of ketones is 1. The molecule has 2 aromatic rings. The Morgan fingerprint density at radius 1 is 1.55 bits per heavy atom. The highest BCUT2D eigenvalue weighted by molar-refractivity contribution is 9.10. The molecule has 0 radical (unpaired) electrons. The van der Waals surface area contributed by atoms with Crippen molar-refractivity contribution in [2.75, 3.05) is 13.7 Å². The summed E-state index contributed by atoms with van der Waals surface area (Å²) in [6.07, 6.45) is 1.49. The molecule has 1 aromatic carbocycles. The molecule has 20 heavy (non-hydrogen) atoms. The molecule has 7 heteroatoms. The Kier molecular flexibility index (Phi) is 4.91. The van der Waals surface area contributed by atoms with E-state index in [0.29, 0.717) is 22.6 Å². The van der Waals surface area contributed by atoms with Gasteiger partial charge in [0.1, 0.15) is 11.5 Å². The Morgan fingerprint density at radius 2 is 2.30 bits per heavy atom. The zero-order chi connectivity index (χ0) is 14.7. The first-order valence-corrected chi connectivity index (χ1v) is 6.91. The Balaban J connectivity index is 2.42. The predicted molar refractivity (Wildman–Crippen MR) is 76.6 cm³/mol. The third-order valence-corrected chi connectivity index (χ3v) is 3.51. The van der Waals surface area contributed by atoms with Crippen LogP contribution in [-0.2, 0) is 11.3 Å². The van der Waals surface area contributed by atoms with Crippen LogP contribution in [0.25, 0.3) is 0 Å². The van der Waals surface area contributed by atoms with Gasteiger partial charge >= 0.3 is 0 Å². The molecule has 1 heterocycles. The fraction of sp³-hybridized carbons (Fsp3) is 0.231. The summed E-state index contributed by atoms with van der Waals surface area (Å²) in [6.45, 7) is 0.789. The number of carbonyl (C=O) groups is 1. The zero-order valence-electron chi connectivity index (χ0n) is 10.6. The van der Waals surface area contributed by atoms with Gasteiger partial charge in [0.05, 0.1) is 29.4 Å². The minimum Gasteiger partial charge on any atom is -0.383 e. The molecule has 1 aromatic heterocycles. The number of rotatable bonds is 5. The molecule has 0 fully saturated rings. The lowest BCUT2D eigenvalue weighted by molar-refractivity contribution is 0.102. The van der Waals surface area contributed by atoms with Crippen LogP contribution >= 0.6 is 27.5 Å². The largest absolute Gasteiger partial charge is 0.383 e. The summed E-state index contributed by atoms with van der Waals surface area (Å²) >= 11 is 9.06. The smallest absolute Gasteiger partial charge is 0.215 e. The van der Waals surface area contributed by atoms with Crippen molar-refractivity contribution in [1.82, 2.24) is 9.78 Å². The second-order valence-corrected chi connectivity index (χ2v) is 5.30. The van der Waals surface area contributed by atoms with Crippen molar-refractivity contribution >= 4 is 33.3 Å². The fourth-order valence-electron chi connectivity index (χ4n) is 1.73. The lowest BCUT2D eigenvalue weighted by Gasteiger charge is -2.08. The molecule has 0 aliphatic heterocycles. The zero-order valence-corrected chi connectivity index (χ0v) is 12.9. The second kappa shape index (κ2) is 6.47. The van der Waals surface area contributed by atoms with Gasteiger partial charge in [0.25, 0.3) is 0 Å². The molecule has 0 aliphatic rings. The van der Waals surface area contributed by atoms with E-state index in [0.717, 1.165) is 0 Å². The van der Waals surface area contributed by atoms with E-state index >= 15 is 0 Å². The van der Waals surface area contributed by atoms with Gasteiger partial charge in [0, 0.05) is 12.1 Å². The van der Waals surface area contributed by atoms with E-state index < -0.39 is 11.6 Å². The molecule has 0 spiro atoms. The van der Waals surface area contributed by atoms with Gasteiger partial charge in [-0.05, 0) is 34.1 Å². The highest BCUT2D eigenvalue weighted by atomic mass is 79.9. The van der Waals surface area contributed by atoms with Gasteiger partial charge in [-0.2, -0.15) is 5.10 Å². The number of hydrogen-bond acceptors (Lipinski definition) is 3. The van der Waals surface area contributed by atoms with Crippen LogP contribution in [0.1, 0.15) is 16.1 Å². The van der Waals surface area contributed by atoms with E-state index in [9.17, 15) is 9.18 Å². The lowest BCUT2D eigenvalue weighted by atomic mass is 10.1. The third-order valence-electron chi connectivity index (χ3n) is 2.69. The molecule has 0 atom stereocenters. The predicted octanol–water partition coefficient (Wildman–Crippen LogP) is 3.32. The normalized spacial score (nSPS) is 10.8. The molecular formula is C13H11BrClFN2O2. The van der Waals surface area contributed by atoms with Gasteiger partial charge < -0.3 is 4.74 Å². The van der Waals surface area contributed by atoms with Crippen LogP contribution in [0.15, 0.2) is 28.9 Å². The maximum absolute atomic E-state index is 13.8. The fourth-order valence-corrected chi connectivity index (χ4v) is 2.38. The molecule has 0 unspecified atom stereocenters. The van der Waals surface area contributed by atoms with E-state index in [2.05, 4.69) is 21.0 Å². The standard InChI is InChI=1S/C13H11BrClFN2O2/c1-20-5-4-18-12(10(14)7-17-18)13(19)9-6-8(15)2-3-11(9)16/h2-3,6-7H,4-5H2,1H3. The van der Waals surface area contributed by atoms with E-state index in [4.69, 9.17) is 16.3 Å². The highest BCUT2D eigenvalue weighted by Gasteiger charge is 2.21. The minimum absolute atomic E-state index is 0.0858. The Hall–Kier alpha value is -1.24. The van der Waals surface area contributed by atoms with Crippen LogP contribution in [0.5, 0.6) is 0 Å². The Labute approximate surface area is 128 Å². The molecule has 2 rings (SSSR count). The van der Waals surface area contributed by atoms with Crippen molar-refractivity contribution in [3.05, 3.63) is 51.0 Å². The van der Waals surface area contributed by atoms with E-state index in [1.54, 1.807) is 7.11 Å². The SMILES string of the molecule is COCCn1ncc(Br)c1C(=O)c1cc(Cl)ccc1F. The van der Waals surface area contributed by atoms with Crippen molar-refractivity contribution in [3.63, 3.8) is 0 Å². The summed E-state index contributed by atoms with van der Waals surface area (Å²) in [6, 6.07) is 3.86. The van der Waals surface area contributed by atoms with Gasteiger partial charge in [-0.3, -0.25) is 9.48 Å². The lowest BCUT2D eigenvalue weighted by Crippen LogP contribution is -2.15. The summed E-state index contributed by atoms with van der Waals surface area (Å²) in [4.78, 5) is 12.5. The summed E-state index contributed by atoms with van der Waals surface area (Å²) in [5.41, 5.74) is 0.181. The summed E-state index contributed by atoms with van der Waals surface area (Å²) < 4.78 is 20.7. The van der Waals surface area contributed by atoms with Gasteiger partial charge in [-0.15, -0.1) is 0 Å². The number of aromatic nitrogens is 2. The molecular weight excluding hydrogens is 351 g/mol. The molecule has 0 aliphatic carbocycles. The van der Waals surface area contributed by atoms with Crippen LogP contribution in [0, 0.1) is 5.82 Å². The van der Waals surface area contributed by atoms with Crippen molar-refractivity contribution < 1.29 is 13.9 Å². The van der Waals surface area contributed by atoms with Crippen molar-refractivity contribution in [1.29, 1.82) is 0 Å². The van der Waals surface area contributed by atoms with E-state index in [-0.39, 0.29) is 11.3 Å². The first-order chi connectivity index (χ1) is 9.54. The van der Waals surface area contributed by atoms with Crippen LogP contribution in [-0.4, -0.2) is 29.3 Å². The molecule has 0 saturated carbocycles. The van der Waals surface area contributed by atoms with E-state index in [1.165, 1.54) is 29.1 Å². The van der Waals surface area contributed by atoms with Gasteiger partial charge in [0.15, 0.2) is 0 Å². The third kappa shape index (κ3) is 3.08. The minimum atomic E-state index is -0.620. The molecule has 4 nitrogen and oxygen atoms in total. The van der Waals surface area contributed by atoms with Crippen molar-refractivity contribution in [2.45, 2.75) is 6.54 Å². The maximum Gasteiger partial charge on any atom is 0.215 e. The number of nitrogens with zero attached hydrogens (tertiary/aromatic N) is 2. The van der Waals surface area contributed by atoms with Crippen molar-refractivity contribution in [2.24, 2.45) is 0 Å². The molecule has 106 valence electrons. The number of ether oxygens (including phenoxy) is 1. The van der Waals surface area contributed by atoms with Crippen LogP contribution in [0.3, 0.4) is 0 Å². The number of benzene rings is 1. The molecule has 0 bridgehead atoms. The van der Waals surface area contributed by atoms with Crippen LogP contribution < -0.4 is 0 Å². The molecule has 0 N–H and O–H groups in total. The first kappa shape index (κ1) is 15.2. The second-order valence-electron chi connectivity index (χ2n) is 4.01. The molecule has 0 amide bonds. The Morgan fingerprint density at radius 3 is 3.00 bits per heavy atom. The average molecular weight is 362 g/mol. The van der Waals surface area contributed by atoms with Crippen LogP contribution in [0.2, 0.25) is 5.02 Å². The van der Waals surface area contributed by atoms with Crippen molar-refractivity contribution in [3.8, 4) is 0 Å². The van der Waals surface area contributed by atoms with Gasteiger partial charge in [-0.25, -0.2) is 4.39 Å². The van der Waals surface area contributed by atoms with Gasteiger partial charge in [-0.1, -0.05) is 11.6 Å². The monoisotopic (exact) mass is 360 g/mol.